The van der Waals surface area contributed by atoms with Gasteiger partial charge in [-0.1, -0.05) is 23.4 Å². The summed E-state index contributed by atoms with van der Waals surface area (Å²) in [5.74, 6) is 1.10. The number of aromatic nitrogens is 3. The highest BCUT2D eigenvalue weighted by atomic mass is 35.5. The van der Waals surface area contributed by atoms with Crippen LogP contribution in [0.5, 0.6) is 0 Å². The van der Waals surface area contributed by atoms with Crippen molar-refractivity contribution in [3.8, 4) is 6.07 Å². The molecular weight excluding hydrogens is 474 g/mol. The number of anilines is 1. The van der Waals surface area contributed by atoms with E-state index in [0.717, 1.165) is 28.1 Å². The molecule has 4 rings (SSSR count). The second-order valence-corrected chi connectivity index (χ2v) is 9.10. The molecule has 1 amide bonds. The molecule has 0 atom stereocenters. The van der Waals surface area contributed by atoms with E-state index in [1.54, 1.807) is 19.4 Å². The number of carbonyl (C=O) groups excluding carboxylic acids is 1. The molecule has 0 saturated heterocycles. The number of fused-ring (bicyclic) bond motifs is 1. The highest BCUT2D eigenvalue weighted by Gasteiger charge is 2.21. The van der Waals surface area contributed by atoms with Gasteiger partial charge in [-0.15, -0.1) is 0 Å². The first-order chi connectivity index (χ1) is 16.4. The zero-order valence-corrected chi connectivity index (χ0v) is 20.7. The van der Waals surface area contributed by atoms with Crippen LogP contribution in [0.2, 0.25) is 5.02 Å². The molecule has 10 heteroatoms. The Morgan fingerprint density at radius 1 is 1.32 bits per heavy atom. The highest BCUT2D eigenvalue weighted by Crippen LogP contribution is 2.29. The molecule has 0 radical (unpaired) electrons. The van der Waals surface area contributed by atoms with Gasteiger partial charge >= 0.3 is 0 Å². The summed E-state index contributed by atoms with van der Waals surface area (Å²) in [5.41, 5.74) is 3.86. The van der Waals surface area contributed by atoms with Gasteiger partial charge in [-0.25, -0.2) is 4.98 Å². The standard InChI is InChI=1S/C24H24ClN5O3S/c1-15-16(2)30(13-18-5-4-9-33-18)23(19(15)12-26)28-22(31)14-34-24-27-20-11-17(25)6-7-21(20)29(24)8-10-32-3/h4-7,9,11H,8,10,13-14H2,1-3H3,(H,28,31). The number of halogens is 1. The van der Waals surface area contributed by atoms with Crippen molar-refractivity contribution < 1.29 is 13.9 Å². The average molecular weight is 498 g/mol. The summed E-state index contributed by atoms with van der Waals surface area (Å²) >= 11 is 7.45. The van der Waals surface area contributed by atoms with Gasteiger partial charge in [-0.05, 0) is 49.7 Å². The first-order valence-electron chi connectivity index (χ1n) is 10.6. The summed E-state index contributed by atoms with van der Waals surface area (Å²) in [6.07, 6.45) is 1.60. The number of amides is 1. The predicted octanol–water partition coefficient (Wildman–Crippen LogP) is 5.00. The molecule has 4 aromatic rings. The summed E-state index contributed by atoms with van der Waals surface area (Å²) in [5, 5.41) is 14.0. The maximum atomic E-state index is 13.0. The average Bonchev–Trinajstić information content (AvgIpc) is 3.50. The Kier molecular flexibility index (Phi) is 7.32. The number of furan rings is 1. The smallest absolute Gasteiger partial charge is 0.235 e. The molecule has 176 valence electrons. The van der Waals surface area contributed by atoms with Crippen LogP contribution in [0.25, 0.3) is 11.0 Å². The first-order valence-corrected chi connectivity index (χ1v) is 12.0. The number of imidazole rings is 1. The molecule has 34 heavy (non-hydrogen) atoms. The molecule has 0 aliphatic carbocycles. The number of rotatable bonds is 9. The maximum absolute atomic E-state index is 13.0. The van der Waals surface area contributed by atoms with Gasteiger partial charge < -0.3 is 23.6 Å². The van der Waals surface area contributed by atoms with Crippen molar-refractivity contribution in [1.29, 1.82) is 5.26 Å². The van der Waals surface area contributed by atoms with E-state index in [1.165, 1.54) is 11.8 Å². The van der Waals surface area contributed by atoms with Crippen molar-refractivity contribution in [3.63, 3.8) is 0 Å². The molecule has 0 aliphatic heterocycles. The Bertz CT molecular complexity index is 1370. The van der Waals surface area contributed by atoms with E-state index >= 15 is 0 Å². The van der Waals surface area contributed by atoms with E-state index in [9.17, 15) is 10.1 Å². The van der Waals surface area contributed by atoms with Crippen LogP contribution < -0.4 is 5.32 Å². The number of carbonyl (C=O) groups is 1. The van der Waals surface area contributed by atoms with Crippen molar-refractivity contribution in [2.45, 2.75) is 32.1 Å². The molecule has 3 heterocycles. The van der Waals surface area contributed by atoms with E-state index in [1.807, 2.05) is 47.2 Å². The minimum Gasteiger partial charge on any atom is -0.467 e. The Hall–Kier alpha value is -3.19. The fourth-order valence-electron chi connectivity index (χ4n) is 3.77. The number of nitrogens with one attached hydrogen (secondary N) is 1. The molecule has 0 spiro atoms. The van der Waals surface area contributed by atoms with Gasteiger partial charge in [0, 0.05) is 24.4 Å². The third-order valence-electron chi connectivity index (χ3n) is 5.62. The zero-order chi connectivity index (χ0) is 24.2. The molecule has 8 nitrogen and oxygen atoms in total. The van der Waals surface area contributed by atoms with Gasteiger partial charge in [0.25, 0.3) is 0 Å². The molecule has 0 saturated carbocycles. The number of hydrogen-bond donors (Lipinski definition) is 1. The number of hydrogen-bond acceptors (Lipinski definition) is 6. The van der Waals surface area contributed by atoms with Crippen molar-refractivity contribution >= 4 is 46.1 Å². The van der Waals surface area contributed by atoms with E-state index in [0.29, 0.717) is 41.3 Å². The van der Waals surface area contributed by atoms with Crippen LogP contribution in [0, 0.1) is 25.2 Å². The number of methoxy groups -OCH3 is 1. The molecule has 0 fully saturated rings. The first kappa shape index (κ1) is 24.0. The summed E-state index contributed by atoms with van der Waals surface area (Å²) in [7, 11) is 1.64. The van der Waals surface area contributed by atoms with Gasteiger partial charge in [0.05, 0.1) is 41.8 Å². The van der Waals surface area contributed by atoms with Crippen molar-refractivity contribution in [1.82, 2.24) is 14.1 Å². The maximum Gasteiger partial charge on any atom is 0.235 e. The zero-order valence-electron chi connectivity index (χ0n) is 19.1. The summed E-state index contributed by atoms with van der Waals surface area (Å²) in [6, 6.07) is 11.4. The molecule has 1 aromatic carbocycles. The van der Waals surface area contributed by atoms with Crippen molar-refractivity contribution in [2.24, 2.45) is 0 Å². The van der Waals surface area contributed by atoms with Crippen LogP contribution in [0.1, 0.15) is 22.6 Å². The second kappa shape index (κ2) is 10.4. The SMILES string of the molecule is COCCn1c(SCC(=O)Nc2c(C#N)c(C)c(C)n2Cc2ccco2)nc2cc(Cl)ccc21. The fraction of sp³-hybridized carbons (Fsp3) is 0.292. The highest BCUT2D eigenvalue weighted by molar-refractivity contribution is 7.99. The Balaban J connectivity index is 1.55. The largest absolute Gasteiger partial charge is 0.467 e. The van der Waals surface area contributed by atoms with Crippen LogP contribution in [0.3, 0.4) is 0 Å². The van der Waals surface area contributed by atoms with Gasteiger partial charge in [-0.2, -0.15) is 5.26 Å². The number of nitriles is 1. The van der Waals surface area contributed by atoms with Gasteiger partial charge in [-0.3, -0.25) is 4.79 Å². The lowest BCUT2D eigenvalue weighted by atomic mass is 10.2. The topological polar surface area (TPSA) is 98.0 Å². The van der Waals surface area contributed by atoms with E-state index in [-0.39, 0.29) is 11.7 Å². The lowest BCUT2D eigenvalue weighted by molar-refractivity contribution is -0.113. The van der Waals surface area contributed by atoms with Gasteiger partial charge in [0.2, 0.25) is 5.91 Å². The number of ether oxygens (including phenoxy) is 1. The third-order valence-corrected chi connectivity index (χ3v) is 6.83. The quantitative estimate of drug-likeness (QED) is 0.327. The Morgan fingerprint density at radius 3 is 2.85 bits per heavy atom. The summed E-state index contributed by atoms with van der Waals surface area (Å²) in [4.78, 5) is 17.6. The second-order valence-electron chi connectivity index (χ2n) is 7.72. The lowest BCUT2D eigenvalue weighted by Crippen LogP contribution is -2.19. The molecule has 0 unspecified atom stereocenters. The summed E-state index contributed by atoms with van der Waals surface area (Å²) < 4.78 is 14.6. The fourth-order valence-corrected chi connectivity index (χ4v) is 4.78. The number of benzene rings is 1. The normalized spacial score (nSPS) is 11.1. The molecule has 3 aromatic heterocycles. The summed E-state index contributed by atoms with van der Waals surface area (Å²) in [6.45, 7) is 5.32. The van der Waals surface area contributed by atoms with Crippen LogP contribution in [-0.2, 0) is 22.6 Å². The minimum absolute atomic E-state index is 0.124. The number of thioether (sulfide) groups is 1. The van der Waals surface area contributed by atoms with Crippen molar-refractivity contribution in [3.05, 3.63) is 64.2 Å². The van der Waals surface area contributed by atoms with Crippen LogP contribution >= 0.6 is 23.4 Å². The lowest BCUT2D eigenvalue weighted by Gasteiger charge is -2.12. The molecule has 0 bridgehead atoms. The Labute approximate surface area is 206 Å². The van der Waals surface area contributed by atoms with E-state index < -0.39 is 0 Å². The minimum atomic E-state index is -0.233. The van der Waals surface area contributed by atoms with Crippen LogP contribution in [-0.4, -0.2) is 39.5 Å². The molecule has 1 N–H and O–H groups in total. The van der Waals surface area contributed by atoms with E-state index in [4.69, 9.17) is 20.8 Å². The predicted molar refractivity (Wildman–Crippen MR) is 132 cm³/mol. The number of nitrogens with zero attached hydrogens (tertiary/aromatic N) is 4. The monoisotopic (exact) mass is 497 g/mol. The van der Waals surface area contributed by atoms with Crippen molar-refractivity contribution in [2.75, 3.05) is 24.8 Å². The van der Waals surface area contributed by atoms with Crippen LogP contribution in [0.15, 0.2) is 46.2 Å². The molecular formula is C24H24ClN5O3S. The third kappa shape index (κ3) is 4.85. The van der Waals surface area contributed by atoms with Gasteiger partial charge in [0.1, 0.15) is 17.6 Å². The van der Waals surface area contributed by atoms with E-state index in [2.05, 4.69) is 16.4 Å². The van der Waals surface area contributed by atoms with Gasteiger partial charge in [0.15, 0.2) is 5.16 Å². The Morgan fingerprint density at radius 2 is 2.15 bits per heavy atom. The van der Waals surface area contributed by atoms with Crippen LogP contribution in [0.4, 0.5) is 5.82 Å². The molecule has 0 aliphatic rings.